The normalized spacial score (nSPS) is 22.3. The number of nitrogens with one attached hydrogen (secondary N) is 1. The molecule has 3 heteroatoms. The number of methoxy groups -OCH3 is 1. The van der Waals surface area contributed by atoms with Gasteiger partial charge < -0.3 is 10.1 Å². The molecule has 0 aromatic carbocycles. The Labute approximate surface area is 119 Å². The van der Waals surface area contributed by atoms with E-state index in [1.807, 2.05) is 7.11 Å². The van der Waals surface area contributed by atoms with Crippen LogP contribution in [0, 0.1) is 5.92 Å². The van der Waals surface area contributed by atoms with Crippen molar-refractivity contribution in [3.8, 4) is 0 Å². The van der Waals surface area contributed by atoms with E-state index in [1.54, 1.807) is 0 Å². The van der Waals surface area contributed by atoms with Gasteiger partial charge in [-0.3, -0.25) is 4.90 Å². The van der Waals surface area contributed by atoms with Crippen molar-refractivity contribution in [1.29, 1.82) is 0 Å². The molecule has 0 saturated heterocycles. The molecule has 0 heterocycles. The Morgan fingerprint density at radius 2 is 1.95 bits per heavy atom. The molecule has 1 unspecified atom stereocenters. The third kappa shape index (κ3) is 5.05. The Hall–Kier alpha value is -0.120. The molecule has 2 aliphatic carbocycles. The topological polar surface area (TPSA) is 24.5 Å². The van der Waals surface area contributed by atoms with E-state index in [0.717, 1.165) is 25.1 Å². The van der Waals surface area contributed by atoms with E-state index in [-0.39, 0.29) is 0 Å². The first-order valence-corrected chi connectivity index (χ1v) is 8.31. The van der Waals surface area contributed by atoms with Gasteiger partial charge in [-0.15, -0.1) is 0 Å². The van der Waals surface area contributed by atoms with E-state index in [4.69, 9.17) is 4.74 Å². The van der Waals surface area contributed by atoms with Crippen molar-refractivity contribution in [3.63, 3.8) is 0 Å². The van der Waals surface area contributed by atoms with E-state index < -0.39 is 0 Å². The first kappa shape index (κ1) is 15.3. The van der Waals surface area contributed by atoms with Crippen LogP contribution in [0.5, 0.6) is 0 Å². The van der Waals surface area contributed by atoms with Crippen LogP contribution in [-0.2, 0) is 4.74 Å². The molecule has 0 bridgehead atoms. The summed E-state index contributed by atoms with van der Waals surface area (Å²) in [7, 11) is 1.81. The summed E-state index contributed by atoms with van der Waals surface area (Å²) in [5, 5.41) is 3.82. The number of rotatable bonds is 10. The highest BCUT2D eigenvalue weighted by atomic mass is 16.5. The number of ether oxygens (including phenoxy) is 1. The molecule has 19 heavy (non-hydrogen) atoms. The Morgan fingerprint density at radius 1 is 1.21 bits per heavy atom. The van der Waals surface area contributed by atoms with E-state index in [0.29, 0.717) is 6.04 Å². The lowest BCUT2D eigenvalue weighted by atomic mass is 9.97. The molecule has 2 aliphatic rings. The van der Waals surface area contributed by atoms with Gasteiger partial charge in [0.2, 0.25) is 0 Å². The van der Waals surface area contributed by atoms with Gasteiger partial charge in [0, 0.05) is 32.3 Å². The van der Waals surface area contributed by atoms with Gasteiger partial charge in [-0.05, 0) is 44.6 Å². The second kappa shape index (κ2) is 8.23. The van der Waals surface area contributed by atoms with Crippen molar-refractivity contribution >= 4 is 0 Å². The van der Waals surface area contributed by atoms with E-state index in [2.05, 4.69) is 17.1 Å². The molecule has 112 valence electrons. The smallest absolute Gasteiger partial charge is 0.0589 e. The highest BCUT2D eigenvalue weighted by molar-refractivity contribution is 4.90. The molecule has 2 fully saturated rings. The van der Waals surface area contributed by atoms with Crippen LogP contribution in [0.3, 0.4) is 0 Å². The Kier molecular flexibility index (Phi) is 6.62. The molecule has 0 aromatic rings. The van der Waals surface area contributed by atoms with Crippen molar-refractivity contribution < 1.29 is 4.74 Å². The molecule has 0 aromatic heterocycles. The van der Waals surface area contributed by atoms with Gasteiger partial charge in [-0.25, -0.2) is 0 Å². The molecule has 2 rings (SSSR count). The molecule has 0 radical (unpaired) electrons. The van der Waals surface area contributed by atoms with Gasteiger partial charge in [-0.1, -0.05) is 19.8 Å². The van der Waals surface area contributed by atoms with E-state index in [9.17, 15) is 0 Å². The van der Waals surface area contributed by atoms with Crippen LogP contribution < -0.4 is 5.32 Å². The van der Waals surface area contributed by atoms with Crippen molar-refractivity contribution in [2.24, 2.45) is 5.92 Å². The highest BCUT2D eigenvalue weighted by Gasteiger charge is 2.33. The molecule has 0 spiro atoms. The predicted molar refractivity (Wildman–Crippen MR) is 80.5 cm³/mol. The summed E-state index contributed by atoms with van der Waals surface area (Å²) in [6.07, 6.45) is 9.79. The minimum atomic E-state index is 0.708. The number of nitrogens with zero attached hydrogens (tertiary/aromatic N) is 1. The molecule has 3 nitrogen and oxygen atoms in total. The van der Waals surface area contributed by atoms with Crippen molar-refractivity contribution in [2.75, 3.05) is 33.4 Å². The molecular weight excluding hydrogens is 236 g/mol. The van der Waals surface area contributed by atoms with Crippen molar-refractivity contribution in [1.82, 2.24) is 10.2 Å². The largest absolute Gasteiger partial charge is 0.383 e. The third-order valence-electron chi connectivity index (χ3n) is 4.70. The first-order valence-electron chi connectivity index (χ1n) is 8.31. The molecular formula is C16H32N2O. The quantitative estimate of drug-likeness (QED) is 0.659. The molecule has 1 N–H and O–H groups in total. The second-order valence-corrected chi connectivity index (χ2v) is 6.32. The maximum Gasteiger partial charge on any atom is 0.0589 e. The van der Waals surface area contributed by atoms with E-state index >= 15 is 0 Å². The minimum absolute atomic E-state index is 0.708. The average Bonchev–Trinajstić information content (AvgIpc) is 3.13. The fourth-order valence-corrected chi connectivity index (χ4v) is 3.39. The Balaban J connectivity index is 1.84. The summed E-state index contributed by atoms with van der Waals surface area (Å²) in [4.78, 5) is 2.68. The lowest BCUT2D eigenvalue weighted by molar-refractivity contribution is 0.128. The zero-order valence-electron chi connectivity index (χ0n) is 12.9. The third-order valence-corrected chi connectivity index (χ3v) is 4.70. The zero-order chi connectivity index (χ0) is 13.5. The predicted octanol–water partition coefficient (Wildman–Crippen LogP) is 2.66. The molecule has 0 amide bonds. The second-order valence-electron chi connectivity index (χ2n) is 6.32. The standard InChI is InChI=1S/C16H32N2O/c1-3-10-17-16(14-6-4-5-7-14)13-18(11-12-19-2)15-8-9-15/h14-17H,3-13H2,1-2H3. The summed E-state index contributed by atoms with van der Waals surface area (Å²) < 4.78 is 5.28. The molecule has 1 atom stereocenters. The number of hydrogen-bond acceptors (Lipinski definition) is 3. The van der Waals surface area contributed by atoms with Crippen LogP contribution >= 0.6 is 0 Å². The van der Waals surface area contributed by atoms with Crippen molar-refractivity contribution in [3.05, 3.63) is 0 Å². The first-order chi connectivity index (χ1) is 9.35. The summed E-state index contributed by atoms with van der Waals surface area (Å²) in [5.74, 6) is 0.912. The molecule has 0 aliphatic heterocycles. The summed E-state index contributed by atoms with van der Waals surface area (Å²) in [6, 6.07) is 1.56. The van der Waals surface area contributed by atoms with Crippen LogP contribution in [0.1, 0.15) is 51.9 Å². The summed E-state index contributed by atoms with van der Waals surface area (Å²) in [6.45, 7) is 6.66. The lowest BCUT2D eigenvalue weighted by Gasteiger charge is -2.31. The minimum Gasteiger partial charge on any atom is -0.383 e. The zero-order valence-corrected chi connectivity index (χ0v) is 12.9. The monoisotopic (exact) mass is 268 g/mol. The maximum absolute atomic E-state index is 5.28. The Bertz CT molecular complexity index is 237. The Morgan fingerprint density at radius 3 is 2.53 bits per heavy atom. The van der Waals surface area contributed by atoms with Crippen LogP contribution in [0.4, 0.5) is 0 Å². The molecule has 2 saturated carbocycles. The van der Waals surface area contributed by atoms with Gasteiger partial charge in [0.25, 0.3) is 0 Å². The highest BCUT2D eigenvalue weighted by Crippen LogP contribution is 2.31. The fraction of sp³-hybridized carbons (Fsp3) is 1.00. The number of hydrogen-bond donors (Lipinski definition) is 1. The lowest BCUT2D eigenvalue weighted by Crippen LogP contribution is -2.47. The van der Waals surface area contributed by atoms with E-state index in [1.165, 1.54) is 58.0 Å². The summed E-state index contributed by atoms with van der Waals surface area (Å²) in [5.41, 5.74) is 0. The van der Waals surface area contributed by atoms with Crippen LogP contribution in [0.2, 0.25) is 0 Å². The van der Waals surface area contributed by atoms with Crippen LogP contribution in [-0.4, -0.2) is 50.3 Å². The van der Waals surface area contributed by atoms with Crippen LogP contribution in [0.25, 0.3) is 0 Å². The summed E-state index contributed by atoms with van der Waals surface area (Å²) >= 11 is 0. The van der Waals surface area contributed by atoms with Gasteiger partial charge >= 0.3 is 0 Å². The maximum atomic E-state index is 5.28. The van der Waals surface area contributed by atoms with Crippen LogP contribution in [0.15, 0.2) is 0 Å². The SMILES string of the molecule is CCCNC(CN(CCOC)C1CC1)C1CCCC1. The van der Waals surface area contributed by atoms with Crippen molar-refractivity contribution in [2.45, 2.75) is 64.0 Å². The fourth-order valence-electron chi connectivity index (χ4n) is 3.39. The van der Waals surface area contributed by atoms with Gasteiger partial charge in [0.1, 0.15) is 0 Å². The van der Waals surface area contributed by atoms with Gasteiger partial charge in [-0.2, -0.15) is 0 Å². The average molecular weight is 268 g/mol. The van der Waals surface area contributed by atoms with Gasteiger partial charge in [0.05, 0.1) is 6.61 Å². The van der Waals surface area contributed by atoms with Gasteiger partial charge in [0.15, 0.2) is 0 Å².